The highest BCUT2D eigenvalue weighted by Crippen LogP contribution is 2.13. The predicted molar refractivity (Wildman–Crippen MR) is 59.3 cm³/mol. The van der Waals surface area contributed by atoms with Gasteiger partial charge in [0.25, 0.3) is 5.89 Å². The fraction of sp³-hybridized carbons (Fsp3) is 0.800. The summed E-state index contributed by atoms with van der Waals surface area (Å²) < 4.78 is 15.0. The molecule has 17 heavy (non-hydrogen) atoms. The van der Waals surface area contributed by atoms with Crippen molar-refractivity contribution in [3.05, 3.63) is 11.7 Å². The summed E-state index contributed by atoms with van der Waals surface area (Å²) in [5.74, 6) is 0.732. The van der Waals surface area contributed by atoms with Crippen molar-refractivity contribution < 1.29 is 19.1 Å². The molecule has 1 aromatic rings. The molecule has 0 bridgehead atoms. The van der Waals surface area contributed by atoms with Gasteiger partial charge >= 0.3 is 0 Å². The average Bonchev–Trinajstić information content (AvgIpc) is 2.78. The Morgan fingerprint density at radius 1 is 1.41 bits per heavy atom. The minimum absolute atomic E-state index is 0.211. The predicted octanol–water partition coefficient (Wildman–Crippen LogP) is -0.343. The molecule has 0 fully saturated rings. The Morgan fingerprint density at radius 3 is 2.94 bits per heavy atom. The van der Waals surface area contributed by atoms with E-state index < -0.39 is 6.10 Å². The zero-order chi connectivity index (χ0) is 12.5. The second-order valence-corrected chi connectivity index (χ2v) is 3.50. The zero-order valence-electron chi connectivity index (χ0n) is 9.96. The van der Waals surface area contributed by atoms with Gasteiger partial charge in [-0.05, 0) is 13.0 Å². The molecule has 0 saturated carbocycles. The van der Waals surface area contributed by atoms with Crippen LogP contribution in [0.2, 0.25) is 0 Å². The highest BCUT2D eigenvalue weighted by atomic mass is 16.5. The minimum Gasteiger partial charge on any atom is -0.383 e. The number of ether oxygens (including phenoxy) is 2. The molecule has 0 saturated heterocycles. The van der Waals surface area contributed by atoms with Gasteiger partial charge < -0.3 is 24.8 Å². The first kappa shape index (κ1) is 14.0. The summed E-state index contributed by atoms with van der Waals surface area (Å²) in [6, 6.07) is 0. The van der Waals surface area contributed by atoms with E-state index in [4.69, 9.17) is 19.7 Å². The van der Waals surface area contributed by atoms with E-state index in [1.807, 2.05) is 0 Å². The Hall–Kier alpha value is -1.02. The Labute approximate surface area is 99.9 Å². The van der Waals surface area contributed by atoms with E-state index in [9.17, 15) is 5.11 Å². The molecular weight excluding hydrogens is 226 g/mol. The maximum absolute atomic E-state index is 9.55. The Morgan fingerprint density at radius 2 is 2.24 bits per heavy atom. The van der Waals surface area contributed by atoms with Crippen LogP contribution in [-0.2, 0) is 15.9 Å². The van der Waals surface area contributed by atoms with Crippen LogP contribution < -0.4 is 5.73 Å². The van der Waals surface area contributed by atoms with E-state index in [2.05, 4.69) is 10.1 Å². The molecule has 7 heteroatoms. The summed E-state index contributed by atoms with van der Waals surface area (Å²) in [6.07, 6.45) is 0.171. The summed E-state index contributed by atoms with van der Waals surface area (Å²) in [5, 5.41) is 13.3. The van der Waals surface area contributed by atoms with Gasteiger partial charge in [-0.25, -0.2) is 0 Å². The number of rotatable bonds is 9. The van der Waals surface area contributed by atoms with Crippen molar-refractivity contribution in [1.29, 1.82) is 0 Å². The van der Waals surface area contributed by atoms with Crippen LogP contribution in [0.4, 0.5) is 0 Å². The van der Waals surface area contributed by atoms with E-state index in [1.165, 1.54) is 0 Å². The van der Waals surface area contributed by atoms with Gasteiger partial charge in [0.05, 0.1) is 19.8 Å². The minimum atomic E-state index is -0.782. The lowest BCUT2D eigenvalue weighted by Crippen LogP contribution is -2.07. The van der Waals surface area contributed by atoms with Crippen molar-refractivity contribution in [3.8, 4) is 0 Å². The standard InChI is InChI=1S/C10H19N3O4/c1-15-6-7-16-5-3-9-12-10(17-13-9)8(14)2-4-11/h8,14H,2-7,11H2,1H3/t8-/m0/s1. The first-order valence-electron chi connectivity index (χ1n) is 5.55. The molecule has 3 N–H and O–H groups in total. The Kier molecular flexibility index (Phi) is 6.71. The second-order valence-electron chi connectivity index (χ2n) is 3.50. The van der Waals surface area contributed by atoms with Crippen molar-refractivity contribution in [1.82, 2.24) is 10.1 Å². The molecule has 0 aromatic carbocycles. The van der Waals surface area contributed by atoms with Crippen LogP contribution in [0.5, 0.6) is 0 Å². The van der Waals surface area contributed by atoms with Crippen LogP contribution in [0, 0.1) is 0 Å². The quantitative estimate of drug-likeness (QED) is 0.573. The van der Waals surface area contributed by atoms with Gasteiger partial charge in [-0.3, -0.25) is 0 Å². The summed E-state index contributed by atoms with van der Waals surface area (Å²) in [4.78, 5) is 4.05. The molecule has 0 aliphatic rings. The number of nitrogens with two attached hydrogens (primary N) is 1. The maximum atomic E-state index is 9.55. The van der Waals surface area contributed by atoms with E-state index >= 15 is 0 Å². The molecule has 1 aromatic heterocycles. The van der Waals surface area contributed by atoms with Gasteiger partial charge in [-0.2, -0.15) is 4.98 Å². The third kappa shape index (κ3) is 5.22. The van der Waals surface area contributed by atoms with Crippen molar-refractivity contribution in [3.63, 3.8) is 0 Å². The van der Waals surface area contributed by atoms with Gasteiger partial charge in [-0.1, -0.05) is 5.16 Å². The molecule has 7 nitrogen and oxygen atoms in total. The van der Waals surface area contributed by atoms with Crippen LogP contribution in [0.1, 0.15) is 24.2 Å². The first-order valence-corrected chi connectivity index (χ1v) is 5.55. The zero-order valence-corrected chi connectivity index (χ0v) is 9.96. The number of hydrogen-bond acceptors (Lipinski definition) is 7. The number of aromatic nitrogens is 2. The molecule has 1 rings (SSSR count). The summed E-state index contributed by atoms with van der Waals surface area (Å²) in [7, 11) is 1.62. The molecule has 0 unspecified atom stereocenters. The normalized spacial score (nSPS) is 12.9. The Balaban J connectivity index is 2.25. The molecule has 0 aliphatic heterocycles. The van der Waals surface area contributed by atoms with Gasteiger partial charge in [0.1, 0.15) is 6.10 Å². The van der Waals surface area contributed by atoms with Gasteiger partial charge in [0.15, 0.2) is 5.82 Å². The SMILES string of the molecule is COCCOCCc1noc([C@@H](O)CCN)n1. The summed E-state index contributed by atoms with van der Waals surface area (Å²) >= 11 is 0. The number of nitrogens with zero attached hydrogens (tertiary/aromatic N) is 2. The van der Waals surface area contributed by atoms with Crippen LogP contribution >= 0.6 is 0 Å². The van der Waals surface area contributed by atoms with Crippen molar-refractivity contribution in [2.24, 2.45) is 5.73 Å². The molecule has 0 radical (unpaired) electrons. The summed E-state index contributed by atoms with van der Waals surface area (Å²) in [5.41, 5.74) is 5.32. The topological polar surface area (TPSA) is 104 Å². The smallest absolute Gasteiger partial charge is 0.255 e. The highest BCUT2D eigenvalue weighted by Gasteiger charge is 2.14. The maximum Gasteiger partial charge on any atom is 0.255 e. The summed E-state index contributed by atoms with van der Waals surface area (Å²) in [6.45, 7) is 1.97. The number of aliphatic hydroxyl groups is 1. The first-order chi connectivity index (χ1) is 8.27. The van der Waals surface area contributed by atoms with Crippen molar-refractivity contribution in [2.45, 2.75) is 18.9 Å². The van der Waals surface area contributed by atoms with Crippen molar-refractivity contribution in [2.75, 3.05) is 33.5 Å². The van der Waals surface area contributed by atoms with E-state index in [0.29, 0.717) is 45.0 Å². The largest absolute Gasteiger partial charge is 0.383 e. The molecule has 0 spiro atoms. The van der Waals surface area contributed by atoms with Crippen LogP contribution in [0.3, 0.4) is 0 Å². The number of aliphatic hydroxyl groups excluding tert-OH is 1. The van der Waals surface area contributed by atoms with Gasteiger partial charge in [-0.15, -0.1) is 0 Å². The lowest BCUT2D eigenvalue weighted by molar-refractivity contribution is 0.0714. The van der Waals surface area contributed by atoms with E-state index in [-0.39, 0.29) is 5.89 Å². The molecule has 0 amide bonds. The van der Waals surface area contributed by atoms with Crippen LogP contribution in [0.25, 0.3) is 0 Å². The van der Waals surface area contributed by atoms with Crippen LogP contribution in [-0.4, -0.2) is 48.7 Å². The fourth-order valence-corrected chi connectivity index (χ4v) is 1.19. The average molecular weight is 245 g/mol. The lowest BCUT2D eigenvalue weighted by Gasteiger charge is -2.01. The molecule has 98 valence electrons. The second kappa shape index (κ2) is 8.13. The highest BCUT2D eigenvalue weighted by molar-refractivity contribution is 4.90. The van der Waals surface area contributed by atoms with Crippen LogP contribution in [0.15, 0.2) is 4.52 Å². The van der Waals surface area contributed by atoms with Gasteiger partial charge in [0.2, 0.25) is 0 Å². The third-order valence-corrected chi connectivity index (χ3v) is 2.11. The third-order valence-electron chi connectivity index (χ3n) is 2.11. The molecule has 1 heterocycles. The monoisotopic (exact) mass is 245 g/mol. The van der Waals surface area contributed by atoms with E-state index in [0.717, 1.165) is 0 Å². The molecular formula is C10H19N3O4. The number of methoxy groups -OCH3 is 1. The number of hydrogen-bond donors (Lipinski definition) is 2. The van der Waals surface area contributed by atoms with Gasteiger partial charge in [0, 0.05) is 13.5 Å². The van der Waals surface area contributed by atoms with Crippen molar-refractivity contribution >= 4 is 0 Å². The fourth-order valence-electron chi connectivity index (χ4n) is 1.19. The molecule has 0 aliphatic carbocycles. The molecule has 1 atom stereocenters. The van der Waals surface area contributed by atoms with E-state index in [1.54, 1.807) is 7.11 Å². The Bertz CT molecular complexity index is 305. The lowest BCUT2D eigenvalue weighted by atomic mass is 10.2.